The van der Waals surface area contributed by atoms with Gasteiger partial charge in [0.15, 0.2) is 0 Å². The van der Waals surface area contributed by atoms with Crippen LogP contribution in [0, 0.1) is 0 Å². The molecule has 0 spiro atoms. The van der Waals surface area contributed by atoms with Gasteiger partial charge in [0, 0.05) is 0 Å². The fourth-order valence-electron chi connectivity index (χ4n) is 1.77. The Kier molecular flexibility index (Phi) is 6.24. The fraction of sp³-hybridized carbons (Fsp3) is 0.176. The maximum atomic E-state index is 12.3. The average Bonchev–Trinajstić information content (AvgIpc) is 2.57. The van der Waals surface area contributed by atoms with E-state index in [0.717, 1.165) is 5.56 Å². The highest BCUT2D eigenvalue weighted by molar-refractivity contribution is 5.95. The number of carbonyl (C=O) groups is 1. The number of nitrogens with one attached hydrogen (secondary N) is 1. The molecule has 1 N–H and O–H groups in total. The average molecular weight is 334 g/mol. The largest absolute Gasteiger partial charge is 0.433 e. The van der Waals surface area contributed by atoms with Crippen molar-refractivity contribution in [2.45, 2.75) is 19.6 Å². The van der Waals surface area contributed by atoms with Crippen molar-refractivity contribution in [2.24, 2.45) is 5.16 Å². The van der Waals surface area contributed by atoms with Crippen molar-refractivity contribution in [1.29, 1.82) is 0 Å². The van der Waals surface area contributed by atoms with Crippen LogP contribution in [0.5, 0.6) is 5.75 Å². The second-order valence-corrected chi connectivity index (χ2v) is 4.76. The molecule has 1 amide bonds. The van der Waals surface area contributed by atoms with Gasteiger partial charge in [-0.25, -0.2) is 0 Å². The molecule has 126 valence electrons. The second-order valence-electron chi connectivity index (χ2n) is 4.76. The number of hydrogen-bond acceptors (Lipinski definition) is 4. The van der Waals surface area contributed by atoms with E-state index < -0.39 is 18.6 Å². The summed E-state index contributed by atoms with van der Waals surface area (Å²) < 4.78 is 29.0. The van der Waals surface area contributed by atoms with Crippen LogP contribution in [0.4, 0.5) is 14.5 Å². The summed E-state index contributed by atoms with van der Waals surface area (Å²) in [6.45, 7) is -1.49. The van der Waals surface area contributed by atoms with Gasteiger partial charge in [-0.1, -0.05) is 47.6 Å². The van der Waals surface area contributed by atoms with E-state index in [0.29, 0.717) is 0 Å². The number of para-hydroxylation sites is 2. The highest BCUT2D eigenvalue weighted by Gasteiger charge is 2.17. The van der Waals surface area contributed by atoms with Gasteiger partial charge in [0.05, 0.1) is 11.9 Å². The van der Waals surface area contributed by atoms with Gasteiger partial charge in [-0.2, -0.15) is 8.78 Å². The molecule has 0 aromatic heterocycles. The minimum absolute atomic E-state index is 0.124. The number of benzene rings is 2. The first-order chi connectivity index (χ1) is 11.6. The Hall–Kier alpha value is -2.96. The standard InChI is InChI=1S/C17H16F2N2O3/c1-12(24-20-11-13-7-3-2-4-8-13)16(22)21-14-9-5-6-10-15(14)23-17(18)19/h2-12,17H,1H3,(H,21,22)/b20-11+. The minimum Gasteiger partial charge on any atom is -0.433 e. The van der Waals surface area contributed by atoms with Gasteiger partial charge in [0.25, 0.3) is 5.91 Å². The van der Waals surface area contributed by atoms with Crippen LogP contribution < -0.4 is 10.1 Å². The molecule has 0 saturated carbocycles. The second kappa shape index (κ2) is 8.61. The summed E-state index contributed by atoms with van der Waals surface area (Å²) in [6, 6.07) is 15.1. The normalized spacial score (nSPS) is 12.2. The van der Waals surface area contributed by atoms with Crippen molar-refractivity contribution < 1.29 is 23.1 Å². The summed E-state index contributed by atoms with van der Waals surface area (Å²) in [5, 5.41) is 6.21. The molecule has 0 bridgehead atoms. The van der Waals surface area contributed by atoms with Crippen LogP contribution in [-0.2, 0) is 9.63 Å². The first kappa shape index (κ1) is 17.4. The van der Waals surface area contributed by atoms with Crippen molar-refractivity contribution in [2.75, 3.05) is 5.32 Å². The summed E-state index contributed by atoms with van der Waals surface area (Å²) in [7, 11) is 0. The third-order valence-electron chi connectivity index (χ3n) is 2.95. The molecule has 24 heavy (non-hydrogen) atoms. The number of oxime groups is 1. The van der Waals surface area contributed by atoms with Crippen LogP contribution in [0.2, 0.25) is 0 Å². The van der Waals surface area contributed by atoms with E-state index in [9.17, 15) is 13.6 Å². The van der Waals surface area contributed by atoms with Crippen molar-refractivity contribution in [3.63, 3.8) is 0 Å². The lowest BCUT2D eigenvalue weighted by atomic mass is 10.2. The van der Waals surface area contributed by atoms with E-state index >= 15 is 0 Å². The van der Waals surface area contributed by atoms with Crippen LogP contribution >= 0.6 is 0 Å². The van der Waals surface area contributed by atoms with Crippen LogP contribution in [-0.4, -0.2) is 24.8 Å². The zero-order valence-electron chi connectivity index (χ0n) is 12.9. The molecule has 0 fully saturated rings. The molecular weight excluding hydrogens is 318 g/mol. The maximum Gasteiger partial charge on any atom is 0.387 e. The number of rotatable bonds is 7. The zero-order chi connectivity index (χ0) is 17.4. The van der Waals surface area contributed by atoms with Crippen molar-refractivity contribution >= 4 is 17.8 Å². The van der Waals surface area contributed by atoms with Gasteiger partial charge < -0.3 is 14.9 Å². The first-order valence-corrected chi connectivity index (χ1v) is 7.15. The molecule has 0 aliphatic heterocycles. The Bertz CT molecular complexity index is 693. The van der Waals surface area contributed by atoms with Crippen LogP contribution in [0.15, 0.2) is 59.8 Å². The predicted molar refractivity (Wildman–Crippen MR) is 86.3 cm³/mol. The van der Waals surface area contributed by atoms with E-state index in [1.165, 1.54) is 31.3 Å². The maximum absolute atomic E-state index is 12.3. The van der Waals surface area contributed by atoms with E-state index in [4.69, 9.17) is 4.84 Å². The van der Waals surface area contributed by atoms with Gasteiger partial charge in [0.2, 0.25) is 6.10 Å². The molecule has 0 aliphatic rings. The number of carbonyl (C=O) groups excluding carboxylic acids is 1. The van der Waals surface area contributed by atoms with Gasteiger partial charge in [-0.15, -0.1) is 0 Å². The number of hydrogen-bond donors (Lipinski definition) is 1. The summed E-state index contributed by atoms with van der Waals surface area (Å²) in [5.74, 6) is -0.661. The lowest BCUT2D eigenvalue weighted by Gasteiger charge is -2.14. The third kappa shape index (κ3) is 5.35. The smallest absolute Gasteiger partial charge is 0.387 e. The SMILES string of the molecule is CC(O/N=C/c1ccccc1)C(=O)Nc1ccccc1OC(F)F. The Morgan fingerprint density at radius 1 is 1.12 bits per heavy atom. The number of amides is 1. The molecule has 0 heterocycles. The fourth-order valence-corrected chi connectivity index (χ4v) is 1.77. The molecule has 2 aromatic rings. The highest BCUT2D eigenvalue weighted by atomic mass is 19.3. The quantitative estimate of drug-likeness (QED) is 0.621. The van der Waals surface area contributed by atoms with Crippen LogP contribution in [0.25, 0.3) is 0 Å². The summed E-state index contributed by atoms with van der Waals surface area (Å²) in [5.41, 5.74) is 0.950. The molecule has 1 unspecified atom stereocenters. The summed E-state index contributed by atoms with van der Waals surface area (Å²) >= 11 is 0. The molecule has 5 nitrogen and oxygen atoms in total. The molecular formula is C17H16F2N2O3. The molecule has 0 saturated heterocycles. The summed E-state index contributed by atoms with van der Waals surface area (Å²) in [4.78, 5) is 17.1. The van der Waals surface area contributed by atoms with Crippen LogP contribution in [0.1, 0.15) is 12.5 Å². The van der Waals surface area contributed by atoms with Crippen molar-refractivity contribution in [1.82, 2.24) is 0 Å². The zero-order valence-corrected chi connectivity index (χ0v) is 12.9. The van der Waals surface area contributed by atoms with Gasteiger partial charge in [-0.3, -0.25) is 4.79 Å². The van der Waals surface area contributed by atoms with Gasteiger partial charge in [-0.05, 0) is 24.6 Å². The van der Waals surface area contributed by atoms with Crippen molar-refractivity contribution in [3.8, 4) is 5.75 Å². The number of ether oxygens (including phenoxy) is 1. The Morgan fingerprint density at radius 3 is 2.50 bits per heavy atom. The molecule has 0 radical (unpaired) electrons. The lowest BCUT2D eigenvalue weighted by molar-refractivity contribution is -0.126. The highest BCUT2D eigenvalue weighted by Crippen LogP contribution is 2.25. The Morgan fingerprint density at radius 2 is 1.79 bits per heavy atom. The third-order valence-corrected chi connectivity index (χ3v) is 2.95. The monoisotopic (exact) mass is 334 g/mol. The molecule has 2 aromatic carbocycles. The predicted octanol–water partition coefficient (Wildman–Crippen LogP) is 3.67. The molecule has 1 atom stereocenters. The number of nitrogens with zero attached hydrogens (tertiary/aromatic N) is 1. The molecule has 2 rings (SSSR count). The molecule has 7 heteroatoms. The van der Waals surface area contributed by atoms with E-state index in [1.54, 1.807) is 6.07 Å². The summed E-state index contributed by atoms with van der Waals surface area (Å²) in [6.07, 6.45) is 0.557. The lowest BCUT2D eigenvalue weighted by Crippen LogP contribution is -2.26. The first-order valence-electron chi connectivity index (χ1n) is 7.15. The number of halogens is 2. The Labute approximate surface area is 137 Å². The van der Waals surface area contributed by atoms with E-state index in [2.05, 4.69) is 15.2 Å². The van der Waals surface area contributed by atoms with Crippen LogP contribution in [0.3, 0.4) is 0 Å². The van der Waals surface area contributed by atoms with E-state index in [-0.39, 0.29) is 11.4 Å². The number of alkyl halides is 2. The molecule has 0 aliphatic carbocycles. The minimum atomic E-state index is -2.98. The van der Waals surface area contributed by atoms with E-state index in [1.807, 2.05) is 30.3 Å². The topological polar surface area (TPSA) is 59.9 Å². The Balaban J connectivity index is 1.93. The van der Waals surface area contributed by atoms with Crippen molar-refractivity contribution in [3.05, 3.63) is 60.2 Å². The van der Waals surface area contributed by atoms with Gasteiger partial charge >= 0.3 is 6.61 Å². The van der Waals surface area contributed by atoms with Gasteiger partial charge in [0.1, 0.15) is 5.75 Å². The number of anilines is 1.